The molecule has 0 bridgehead atoms. The Kier molecular flexibility index (Phi) is 5.41. The van der Waals surface area contributed by atoms with Crippen LogP contribution in [0.5, 0.6) is 5.75 Å². The zero-order chi connectivity index (χ0) is 17.5. The summed E-state index contributed by atoms with van der Waals surface area (Å²) in [6.45, 7) is 1.06. The van der Waals surface area contributed by atoms with Gasteiger partial charge in [0.05, 0.1) is 6.61 Å². The molecule has 3 aromatic rings. The van der Waals surface area contributed by atoms with Crippen molar-refractivity contribution in [2.75, 3.05) is 13.2 Å². The first-order chi connectivity index (χ1) is 12.3. The number of pyridine rings is 1. The Morgan fingerprint density at radius 3 is 2.72 bits per heavy atom. The highest BCUT2D eigenvalue weighted by Crippen LogP contribution is 2.08. The van der Waals surface area contributed by atoms with Crippen LogP contribution in [0.3, 0.4) is 0 Å². The fourth-order valence-corrected chi connectivity index (χ4v) is 2.41. The number of rotatable bonds is 7. The van der Waals surface area contributed by atoms with Crippen molar-refractivity contribution in [2.24, 2.45) is 0 Å². The second-order valence-electron chi connectivity index (χ2n) is 5.53. The number of hydrogen-bond acceptors (Lipinski definition) is 4. The lowest BCUT2D eigenvalue weighted by Gasteiger charge is -2.07. The van der Waals surface area contributed by atoms with Crippen molar-refractivity contribution >= 4 is 11.6 Å². The summed E-state index contributed by atoms with van der Waals surface area (Å²) in [5, 5.41) is 2.76. The fraction of sp³-hybridized carbons (Fsp3) is 0.211. The highest BCUT2D eigenvalue weighted by Gasteiger charge is 2.12. The summed E-state index contributed by atoms with van der Waals surface area (Å²) in [6, 6.07) is 14.8. The Labute approximate surface area is 145 Å². The zero-order valence-corrected chi connectivity index (χ0v) is 13.7. The number of nitrogens with zero attached hydrogens (tertiary/aromatic N) is 2. The average Bonchev–Trinajstić information content (AvgIpc) is 2.66. The van der Waals surface area contributed by atoms with Crippen molar-refractivity contribution < 1.29 is 9.53 Å². The second-order valence-corrected chi connectivity index (χ2v) is 5.53. The van der Waals surface area contributed by atoms with Crippen molar-refractivity contribution in [3.05, 3.63) is 76.8 Å². The Morgan fingerprint density at radius 1 is 1.08 bits per heavy atom. The van der Waals surface area contributed by atoms with Gasteiger partial charge in [-0.2, -0.15) is 0 Å². The fourth-order valence-electron chi connectivity index (χ4n) is 2.41. The van der Waals surface area contributed by atoms with Gasteiger partial charge in [0.2, 0.25) is 0 Å². The van der Waals surface area contributed by atoms with E-state index in [1.807, 2.05) is 30.3 Å². The van der Waals surface area contributed by atoms with Gasteiger partial charge in [0.25, 0.3) is 11.5 Å². The van der Waals surface area contributed by atoms with Crippen LogP contribution in [-0.2, 0) is 0 Å². The van der Waals surface area contributed by atoms with E-state index < -0.39 is 5.91 Å². The molecule has 0 fully saturated rings. The van der Waals surface area contributed by atoms with Gasteiger partial charge >= 0.3 is 0 Å². The molecule has 25 heavy (non-hydrogen) atoms. The monoisotopic (exact) mass is 337 g/mol. The number of unbranched alkanes of at least 4 members (excludes halogenated alkanes) is 1. The number of fused-ring (bicyclic) bond motifs is 1. The molecule has 1 amide bonds. The number of benzene rings is 1. The Hall–Kier alpha value is -3.15. The average molecular weight is 337 g/mol. The second kappa shape index (κ2) is 8.10. The number of carbonyl (C=O) groups excluding carboxylic acids is 1. The van der Waals surface area contributed by atoms with Crippen molar-refractivity contribution in [3.63, 3.8) is 0 Å². The SMILES string of the molecule is O=C(NCCCCOc1ccccc1)c1cnc2ccccn2c1=O. The molecule has 1 aromatic carbocycles. The third kappa shape index (κ3) is 4.23. The molecule has 0 radical (unpaired) electrons. The van der Waals surface area contributed by atoms with Gasteiger partial charge in [0, 0.05) is 18.9 Å². The molecule has 128 valence electrons. The summed E-state index contributed by atoms with van der Waals surface area (Å²) in [4.78, 5) is 28.6. The molecule has 0 saturated carbocycles. The van der Waals surface area contributed by atoms with Crippen molar-refractivity contribution in [1.82, 2.24) is 14.7 Å². The number of ether oxygens (including phenoxy) is 1. The lowest BCUT2D eigenvalue weighted by atomic mass is 10.2. The quantitative estimate of drug-likeness (QED) is 0.671. The molecule has 0 atom stereocenters. The molecular formula is C19H19N3O3. The van der Waals surface area contributed by atoms with E-state index in [2.05, 4.69) is 10.3 Å². The van der Waals surface area contributed by atoms with Crippen LogP contribution in [0.2, 0.25) is 0 Å². The molecule has 3 rings (SSSR count). The third-order valence-electron chi connectivity index (χ3n) is 3.73. The van der Waals surface area contributed by atoms with Gasteiger partial charge in [-0.3, -0.25) is 14.0 Å². The molecule has 0 unspecified atom stereocenters. The van der Waals surface area contributed by atoms with E-state index in [1.54, 1.807) is 24.4 Å². The van der Waals surface area contributed by atoms with Crippen LogP contribution in [0, 0.1) is 0 Å². The van der Waals surface area contributed by atoms with Crippen LogP contribution in [-0.4, -0.2) is 28.4 Å². The normalized spacial score (nSPS) is 10.6. The van der Waals surface area contributed by atoms with Crippen molar-refractivity contribution in [1.29, 1.82) is 0 Å². The standard InChI is InChI=1S/C19H19N3O3/c23-18(16-14-21-17-10-4-6-12-22(17)19(16)24)20-11-5-7-13-25-15-8-2-1-3-9-15/h1-4,6,8-10,12,14H,5,7,11,13H2,(H,20,23). The summed E-state index contributed by atoms with van der Waals surface area (Å²) in [7, 11) is 0. The van der Waals surface area contributed by atoms with E-state index in [0.29, 0.717) is 18.8 Å². The van der Waals surface area contributed by atoms with E-state index in [4.69, 9.17) is 4.74 Å². The van der Waals surface area contributed by atoms with Gasteiger partial charge in [-0.1, -0.05) is 24.3 Å². The van der Waals surface area contributed by atoms with Crippen LogP contribution >= 0.6 is 0 Å². The topological polar surface area (TPSA) is 72.7 Å². The van der Waals surface area contributed by atoms with E-state index in [1.165, 1.54) is 10.6 Å². The summed E-state index contributed by atoms with van der Waals surface area (Å²) in [6.07, 6.45) is 4.50. The summed E-state index contributed by atoms with van der Waals surface area (Å²) in [5.74, 6) is 0.432. The number of para-hydroxylation sites is 1. The molecule has 0 aliphatic heterocycles. The number of aromatic nitrogens is 2. The third-order valence-corrected chi connectivity index (χ3v) is 3.73. The van der Waals surface area contributed by atoms with Gasteiger partial charge in [-0.25, -0.2) is 4.98 Å². The minimum absolute atomic E-state index is 0.0456. The molecular weight excluding hydrogens is 318 g/mol. The number of nitrogens with one attached hydrogen (secondary N) is 1. The van der Waals surface area contributed by atoms with Crippen molar-refractivity contribution in [3.8, 4) is 5.75 Å². The van der Waals surface area contributed by atoms with Crippen LogP contribution in [0.25, 0.3) is 5.65 Å². The predicted octanol–water partition coefficient (Wildman–Crippen LogP) is 2.28. The Balaban J connectivity index is 1.47. The molecule has 0 saturated heterocycles. The molecule has 0 spiro atoms. The molecule has 0 aliphatic carbocycles. The first kappa shape index (κ1) is 16.7. The maximum atomic E-state index is 12.3. The summed E-state index contributed by atoms with van der Waals surface area (Å²) < 4.78 is 6.95. The molecule has 6 heteroatoms. The predicted molar refractivity (Wildman–Crippen MR) is 95.0 cm³/mol. The largest absolute Gasteiger partial charge is 0.494 e. The maximum Gasteiger partial charge on any atom is 0.270 e. The first-order valence-electron chi connectivity index (χ1n) is 8.18. The van der Waals surface area contributed by atoms with E-state index >= 15 is 0 Å². The summed E-state index contributed by atoms with van der Waals surface area (Å²) in [5.41, 5.74) is 0.196. The highest BCUT2D eigenvalue weighted by atomic mass is 16.5. The minimum Gasteiger partial charge on any atom is -0.494 e. The molecule has 0 aliphatic rings. The van der Waals surface area contributed by atoms with E-state index in [9.17, 15) is 9.59 Å². The molecule has 1 N–H and O–H groups in total. The van der Waals surface area contributed by atoms with Crippen LogP contribution in [0.4, 0.5) is 0 Å². The number of hydrogen-bond donors (Lipinski definition) is 1. The molecule has 6 nitrogen and oxygen atoms in total. The summed E-state index contributed by atoms with van der Waals surface area (Å²) >= 11 is 0. The lowest BCUT2D eigenvalue weighted by molar-refractivity contribution is 0.0950. The Bertz CT molecular complexity index is 906. The van der Waals surface area contributed by atoms with E-state index in [0.717, 1.165) is 18.6 Å². The van der Waals surface area contributed by atoms with Crippen LogP contribution in [0.1, 0.15) is 23.2 Å². The van der Waals surface area contributed by atoms with Gasteiger partial charge in [-0.05, 0) is 37.1 Å². The van der Waals surface area contributed by atoms with Gasteiger partial charge in [0.15, 0.2) is 0 Å². The number of carbonyl (C=O) groups is 1. The van der Waals surface area contributed by atoms with Crippen molar-refractivity contribution in [2.45, 2.75) is 12.8 Å². The zero-order valence-electron chi connectivity index (χ0n) is 13.7. The smallest absolute Gasteiger partial charge is 0.270 e. The van der Waals surface area contributed by atoms with Crippen LogP contribution < -0.4 is 15.6 Å². The first-order valence-corrected chi connectivity index (χ1v) is 8.18. The highest BCUT2D eigenvalue weighted by molar-refractivity contribution is 5.93. The minimum atomic E-state index is -0.403. The molecule has 2 aromatic heterocycles. The van der Waals surface area contributed by atoms with Gasteiger partial charge in [-0.15, -0.1) is 0 Å². The molecule has 2 heterocycles. The van der Waals surface area contributed by atoms with Crippen LogP contribution in [0.15, 0.2) is 65.7 Å². The van der Waals surface area contributed by atoms with Gasteiger partial charge in [0.1, 0.15) is 17.0 Å². The maximum absolute atomic E-state index is 12.3. The Morgan fingerprint density at radius 2 is 1.88 bits per heavy atom. The number of amides is 1. The van der Waals surface area contributed by atoms with Gasteiger partial charge < -0.3 is 10.1 Å². The van der Waals surface area contributed by atoms with E-state index in [-0.39, 0.29) is 11.1 Å². The lowest BCUT2D eigenvalue weighted by Crippen LogP contribution is -2.32.